The fourth-order valence-corrected chi connectivity index (χ4v) is 3.03. The number of nitrogens with zero attached hydrogens (tertiary/aromatic N) is 1. The number of benzene rings is 2. The highest BCUT2D eigenvalue weighted by molar-refractivity contribution is 9.10. The number of aromatic nitrogens is 1. The standard InChI is InChI=1S/C15H10BrCl2N3/c16-9-4-8-2-1-3-13(14(8)20-7-9)21-15-11(17)5-10(19)6-12(15)18/h1-7,21H,19H2. The molecule has 2 aromatic carbocycles. The lowest BCUT2D eigenvalue weighted by molar-refractivity contribution is 1.38. The largest absolute Gasteiger partial charge is 0.399 e. The Labute approximate surface area is 140 Å². The highest BCUT2D eigenvalue weighted by Crippen LogP contribution is 2.36. The van der Waals surface area contributed by atoms with Crippen LogP contribution in [-0.4, -0.2) is 4.98 Å². The average molecular weight is 383 g/mol. The molecule has 3 N–H and O–H groups in total. The normalized spacial score (nSPS) is 10.8. The van der Waals surface area contributed by atoms with Gasteiger partial charge in [-0.3, -0.25) is 4.98 Å². The molecular weight excluding hydrogens is 373 g/mol. The first-order valence-corrected chi connectivity index (χ1v) is 7.65. The molecule has 0 aliphatic heterocycles. The van der Waals surface area contributed by atoms with Crippen LogP contribution in [-0.2, 0) is 0 Å². The third-order valence-corrected chi connectivity index (χ3v) is 4.03. The molecule has 1 heterocycles. The minimum Gasteiger partial charge on any atom is -0.399 e. The molecule has 0 saturated carbocycles. The molecule has 0 aliphatic rings. The van der Waals surface area contributed by atoms with E-state index in [4.69, 9.17) is 28.9 Å². The zero-order chi connectivity index (χ0) is 15.0. The Kier molecular flexibility index (Phi) is 3.93. The van der Waals surface area contributed by atoms with Gasteiger partial charge in [0.25, 0.3) is 0 Å². The number of halogens is 3. The minimum atomic E-state index is 0.467. The molecule has 0 radical (unpaired) electrons. The molecule has 6 heteroatoms. The van der Waals surface area contributed by atoms with E-state index in [1.54, 1.807) is 18.3 Å². The van der Waals surface area contributed by atoms with Gasteiger partial charge in [-0.25, -0.2) is 0 Å². The van der Waals surface area contributed by atoms with Gasteiger partial charge < -0.3 is 11.1 Å². The number of hydrogen-bond acceptors (Lipinski definition) is 3. The van der Waals surface area contributed by atoms with E-state index >= 15 is 0 Å². The van der Waals surface area contributed by atoms with Gasteiger partial charge in [-0.2, -0.15) is 0 Å². The van der Waals surface area contributed by atoms with E-state index in [2.05, 4.69) is 26.2 Å². The second-order valence-electron chi connectivity index (χ2n) is 4.52. The summed E-state index contributed by atoms with van der Waals surface area (Å²) in [5.41, 5.74) is 8.52. The van der Waals surface area contributed by atoms with E-state index in [0.717, 1.165) is 21.1 Å². The number of fused-ring (bicyclic) bond motifs is 1. The second kappa shape index (κ2) is 5.72. The van der Waals surface area contributed by atoms with E-state index in [9.17, 15) is 0 Å². The summed E-state index contributed by atoms with van der Waals surface area (Å²) in [6.07, 6.45) is 1.75. The molecule has 3 rings (SSSR count). The zero-order valence-corrected chi connectivity index (χ0v) is 13.8. The van der Waals surface area contributed by atoms with Crippen LogP contribution < -0.4 is 11.1 Å². The fraction of sp³-hybridized carbons (Fsp3) is 0. The van der Waals surface area contributed by atoms with Crippen molar-refractivity contribution in [2.75, 3.05) is 11.1 Å². The van der Waals surface area contributed by atoms with Crippen molar-refractivity contribution >= 4 is 67.1 Å². The molecule has 0 bridgehead atoms. The average Bonchev–Trinajstić information content (AvgIpc) is 2.42. The first-order chi connectivity index (χ1) is 10.0. The smallest absolute Gasteiger partial charge is 0.0937 e. The van der Waals surface area contributed by atoms with Crippen LogP contribution in [0.25, 0.3) is 10.9 Å². The maximum absolute atomic E-state index is 6.21. The van der Waals surface area contributed by atoms with Gasteiger partial charge in [0.2, 0.25) is 0 Å². The Morgan fingerprint density at radius 1 is 1.10 bits per heavy atom. The van der Waals surface area contributed by atoms with E-state index in [1.807, 2.05) is 24.3 Å². The number of pyridine rings is 1. The Morgan fingerprint density at radius 2 is 1.81 bits per heavy atom. The predicted octanol–water partition coefficient (Wildman–Crippen LogP) is 5.63. The molecule has 0 atom stereocenters. The SMILES string of the molecule is Nc1cc(Cl)c(Nc2cccc3cc(Br)cnc23)c(Cl)c1. The zero-order valence-electron chi connectivity index (χ0n) is 10.7. The van der Waals surface area contributed by atoms with E-state index in [-0.39, 0.29) is 0 Å². The molecule has 21 heavy (non-hydrogen) atoms. The summed E-state index contributed by atoms with van der Waals surface area (Å²) in [7, 11) is 0. The summed E-state index contributed by atoms with van der Waals surface area (Å²) in [4.78, 5) is 4.43. The summed E-state index contributed by atoms with van der Waals surface area (Å²) in [5.74, 6) is 0. The number of anilines is 3. The van der Waals surface area contributed by atoms with Crippen molar-refractivity contribution in [1.29, 1.82) is 0 Å². The third kappa shape index (κ3) is 2.93. The number of rotatable bonds is 2. The minimum absolute atomic E-state index is 0.467. The van der Waals surface area contributed by atoms with Crippen LogP contribution >= 0.6 is 39.1 Å². The fourth-order valence-electron chi connectivity index (χ4n) is 2.08. The van der Waals surface area contributed by atoms with Crippen molar-refractivity contribution < 1.29 is 0 Å². The van der Waals surface area contributed by atoms with Crippen LogP contribution in [0.4, 0.5) is 17.1 Å². The molecule has 3 aromatic rings. The number of para-hydroxylation sites is 1. The molecule has 0 saturated heterocycles. The number of nitrogen functional groups attached to an aromatic ring is 1. The van der Waals surface area contributed by atoms with Crippen molar-refractivity contribution in [3.63, 3.8) is 0 Å². The van der Waals surface area contributed by atoms with Crippen LogP contribution in [0.15, 0.2) is 47.1 Å². The molecule has 1 aromatic heterocycles. The Morgan fingerprint density at radius 3 is 2.52 bits per heavy atom. The second-order valence-corrected chi connectivity index (χ2v) is 6.25. The molecule has 0 aliphatic carbocycles. The third-order valence-electron chi connectivity index (χ3n) is 3.00. The van der Waals surface area contributed by atoms with E-state index in [1.165, 1.54) is 0 Å². The topological polar surface area (TPSA) is 50.9 Å². The lowest BCUT2D eigenvalue weighted by Gasteiger charge is -2.13. The Balaban J connectivity index is 2.11. The quantitative estimate of drug-likeness (QED) is 0.564. The van der Waals surface area contributed by atoms with Crippen LogP contribution in [0.3, 0.4) is 0 Å². The summed E-state index contributed by atoms with van der Waals surface area (Å²) >= 11 is 15.8. The maximum Gasteiger partial charge on any atom is 0.0937 e. The predicted molar refractivity (Wildman–Crippen MR) is 93.6 cm³/mol. The van der Waals surface area contributed by atoms with E-state index < -0.39 is 0 Å². The monoisotopic (exact) mass is 381 g/mol. The van der Waals surface area contributed by atoms with Crippen LogP contribution in [0.1, 0.15) is 0 Å². The Bertz CT molecular complexity index is 813. The first-order valence-electron chi connectivity index (χ1n) is 6.10. The summed E-state index contributed by atoms with van der Waals surface area (Å²) in [6, 6.07) is 11.2. The number of nitrogens with one attached hydrogen (secondary N) is 1. The van der Waals surface area contributed by atoms with Gasteiger partial charge in [0.05, 0.1) is 26.9 Å². The Hall–Kier alpha value is -1.49. The van der Waals surface area contributed by atoms with Gasteiger partial charge in [0, 0.05) is 21.7 Å². The number of hydrogen-bond donors (Lipinski definition) is 2. The van der Waals surface area contributed by atoms with Crippen molar-refractivity contribution in [2.45, 2.75) is 0 Å². The van der Waals surface area contributed by atoms with Crippen molar-refractivity contribution in [3.05, 3.63) is 57.1 Å². The summed E-state index contributed by atoms with van der Waals surface area (Å²) in [6.45, 7) is 0. The van der Waals surface area contributed by atoms with Gasteiger partial charge in [0.15, 0.2) is 0 Å². The lowest BCUT2D eigenvalue weighted by Crippen LogP contribution is -1.96. The first kappa shape index (κ1) is 14.4. The van der Waals surface area contributed by atoms with Gasteiger partial charge >= 0.3 is 0 Å². The van der Waals surface area contributed by atoms with Gasteiger partial charge in [-0.1, -0.05) is 35.3 Å². The number of nitrogens with two attached hydrogens (primary N) is 1. The molecule has 0 unspecified atom stereocenters. The molecule has 0 amide bonds. The van der Waals surface area contributed by atoms with Gasteiger partial charge in [0.1, 0.15) is 0 Å². The molecule has 106 valence electrons. The van der Waals surface area contributed by atoms with Gasteiger partial charge in [-0.05, 0) is 40.2 Å². The van der Waals surface area contributed by atoms with Gasteiger partial charge in [-0.15, -0.1) is 0 Å². The lowest BCUT2D eigenvalue weighted by atomic mass is 10.2. The summed E-state index contributed by atoms with van der Waals surface area (Å²) in [5, 5.41) is 5.18. The summed E-state index contributed by atoms with van der Waals surface area (Å²) < 4.78 is 0.927. The maximum atomic E-state index is 6.21. The highest BCUT2D eigenvalue weighted by atomic mass is 79.9. The molecular formula is C15H10BrCl2N3. The van der Waals surface area contributed by atoms with Crippen molar-refractivity contribution in [2.24, 2.45) is 0 Å². The van der Waals surface area contributed by atoms with Crippen molar-refractivity contribution in [3.8, 4) is 0 Å². The van der Waals surface area contributed by atoms with E-state index in [0.29, 0.717) is 21.4 Å². The highest BCUT2D eigenvalue weighted by Gasteiger charge is 2.10. The van der Waals surface area contributed by atoms with Crippen LogP contribution in [0, 0.1) is 0 Å². The van der Waals surface area contributed by atoms with Crippen molar-refractivity contribution in [1.82, 2.24) is 4.98 Å². The molecule has 0 fully saturated rings. The van der Waals surface area contributed by atoms with Crippen LogP contribution in [0.5, 0.6) is 0 Å². The molecule has 3 nitrogen and oxygen atoms in total. The molecule has 0 spiro atoms. The van der Waals surface area contributed by atoms with Crippen LogP contribution in [0.2, 0.25) is 10.0 Å².